The Morgan fingerprint density at radius 2 is 2.54 bits per heavy atom. The van der Waals surface area contributed by atoms with Crippen LogP contribution in [-0.2, 0) is 11.2 Å². The van der Waals surface area contributed by atoms with Gasteiger partial charge in [0.15, 0.2) is 5.13 Å². The molecule has 1 heterocycles. The van der Waals surface area contributed by atoms with Crippen molar-refractivity contribution in [2.24, 2.45) is 0 Å². The summed E-state index contributed by atoms with van der Waals surface area (Å²) in [5.74, 6) is -0.0300. The van der Waals surface area contributed by atoms with Crippen LogP contribution in [0.5, 0.6) is 0 Å². The van der Waals surface area contributed by atoms with Gasteiger partial charge in [-0.15, -0.1) is 11.3 Å². The maximum absolute atomic E-state index is 11.4. The molecule has 0 fully saturated rings. The topological polar surface area (TPSA) is 68.0 Å². The van der Waals surface area contributed by atoms with Crippen LogP contribution in [0.15, 0.2) is 0 Å². The van der Waals surface area contributed by atoms with Gasteiger partial charge in [0.2, 0.25) is 5.91 Å². The van der Waals surface area contributed by atoms with E-state index >= 15 is 0 Å². The van der Waals surface area contributed by atoms with E-state index in [4.69, 9.17) is 5.73 Å². The first-order valence-corrected chi connectivity index (χ1v) is 5.00. The summed E-state index contributed by atoms with van der Waals surface area (Å²) < 4.78 is 0. The van der Waals surface area contributed by atoms with Crippen molar-refractivity contribution in [2.45, 2.75) is 18.8 Å². The van der Waals surface area contributed by atoms with Crippen molar-refractivity contribution < 1.29 is 4.79 Å². The molecule has 1 aliphatic rings. The third-order valence-corrected chi connectivity index (χ3v) is 3.26. The number of nitrogens with two attached hydrogens (primary N) is 1. The van der Waals surface area contributed by atoms with E-state index in [-0.39, 0.29) is 11.8 Å². The zero-order chi connectivity index (χ0) is 9.42. The van der Waals surface area contributed by atoms with Crippen molar-refractivity contribution >= 4 is 22.4 Å². The van der Waals surface area contributed by atoms with Crippen molar-refractivity contribution in [1.82, 2.24) is 10.3 Å². The van der Waals surface area contributed by atoms with E-state index < -0.39 is 0 Å². The molecule has 4 nitrogen and oxygen atoms in total. The first-order valence-electron chi connectivity index (χ1n) is 4.19. The number of nitrogens with one attached hydrogen (secondary N) is 1. The number of carbonyl (C=O) groups excluding carboxylic acids is 1. The zero-order valence-electron chi connectivity index (χ0n) is 7.33. The van der Waals surface area contributed by atoms with Gasteiger partial charge < -0.3 is 11.1 Å². The summed E-state index contributed by atoms with van der Waals surface area (Å²) >= 11 is 1.50. The van der Waals surface area contributed by atoms with Crippen molar-refractivity contribution in [3.8, 4) is 0 Å². The van der Waals surface area contributed by atoms with Gasteiger partial charge in [0, 0.05) is 11.9 Å². The van der Waals surface area contributed by atoms with E-state index in [1.807, 2.05) is 0 Å². The Bertz CT molecular complexity index is 347. The minimum absolute atomic E-state index is 0.0454. The summed E-state index contributed by atoms with van der Waals surface area (Å²) in [6.45, 7) is 0. The van der Waals surface area contributed by atoms with Crippen molar-refractivity contribution in [2.75, 3.05) is 12.8 Å². The van der Waals surface area contributed by atoms with Crippen LogP contribution in [0.3, 0.4) is 0 Å². The molecule has 1 aromatic heterocycles. The van der Waals surface area contributed by atoms with Crippen LogP contribution in [0, 0.1) is 0 Å². The third-order valence-electron chi connectivity index (χ3n) is 2.30. The molecule has 0 unspecified atom stereocenters. The molecule has 0 spiro atoms. The van der Waals surface area contributed by atoms with Gasteiger partial charge >= 0.3 is 0 Å². The molecule has 0 aliphatic heterocycles. The highest BCUT2D eigenvalue weighted by Crippen LogP contribution is 2.37. The fourth-order valence-corrected chi connectivity index (χ4v) is 2.58. The normalized spacial score (nSPS) is 19.9. The Kier molecular flexibility index (Phi) is 1.95. The highest BCUT2D eigenvalue weighted by molar-refractivity contribution is 7.15. The van der Waals surface area contributed by atoms with Crippen molar-refractivity contribution in [3.63, 3.8) is 0 Å². The van der Waals surface area contributed by atoms with E-state index in [1.165, 1.54) is 16.2 Å². The second-order valence-electron chi connectivity index (χ2n) is 3.07. The van der Waals surface area contributed by atoms with Gasteiger partial charge in [-0.2, -0.15) is 0 Å². The molecule has 3 N–H and O–H groups in total. The lowest BCUT2D eigenvalue weighted by atomic mass is 10.1. The minimum Gasteiger partial charge on any atom is -0.375 e. The van der Waals surface area contributed by atoms with E-state index in [1.54, 1.807) is 7.05 Å². The predicted molar refractivity (Wildman–Crippen MR) is 51.7 cm³/mol. The third kappa shape index (κ3) is 1.29. The Balaban J connectivity index is 2.32. The molecule has 0 saturated carbocycles. The molecular formula is C8H11N3OS. The van der Waals surface area contributed by atoms with Crippen LogP contribution < -0.4 is 11.1 Å². The molecule has 1 amide bonds. The standard InChI is InChI=1S/C8H11N3OS/c1-10-7(12)4-2-3-5-6(4)11-8(9)13-5/h4H,2-3H2,1H3,(H2,9,11)(H,10,12)/t4-/m0/s1. The molecule has 2 rings (SSSR count). The Morgan fingerprint density at radius 1 is 1.77 bits per heavy atom. The molecule has 0 aromatic carbocycles. The van der Waals surface area contributed by atoms with Crippen molar-refractivity contribution in [3.05, 3.63) is 10.6 Å². The quantitative estimate of drug-likeness (QED) is 0.689. The van der Waals surface area contributed by atoms with Gasteiger partial charge in [0.05, 0.1) is 11.6 Å². The van der Waals surface area contributed by atoms with Crippen LogP contribution >= 0.6 is 11.3 Å². The highest BCUT2D eigenvalue weighted by atomic mass is 32.1. The van der Waals surface area contributed by atoms with Crippen LogP contribution in [0.1, 0.15) is 22.9 Å². The molecular weight excluding hydrogens is 186 g/mol. The average molecular weight is 197 g/mol. The smallest absolute Gasteiger partial charge is 0.228 e. The highest BCUT2D eigenvalue weighted by Gasteiger charge is 2.31. The Hall–Kier alpha value is -1.10. The molecule has 1 atom stereocenters. The summed E-state index contributed by atoms with van der Waals surface area (Å²) in [7, 11) is 1.65. The van der Waals surface area contributed by atoms with Gasteiger partial charge in [-0.05, 0) is 12.8 Å². The maximum atomic E-state index is 11.4. The number of amides is 1. The molecule has 0 bridgehead atoms. The molecule has 0 saturated heterocycles. The van der Waals surface area contributed by atoms with E-state index in [9.17, 15) is 4.79 Å². The molecule has 13 heavy (non-hydrogen) atoms. The lowest BCUT2D eigenvalue weighted by Crippen LogP contribution is -2.24. The SMILES string of the molecule is CNC(=O)[C@H]1CCc2sc(N)nc21. The zero-order valence-corrected chi connectivity index (χ0v) is 8.15. The molecule has 70 valence electrons. The predicted octanol–water partition coefficient (Wildman–Crippen LogP) is 0.501. The number of hydrogen-bond acceptors (Lipinski definition) is 4. The number of nitrogen functional groups attached to an aromatic ring is 1. The van der Waals surface area contributed by atoms with Crippen LogP contribution in [0.2, 0.25) is 0 Å². The van der Waals surface area contributed by atoms with Crippen LogP contribution in [-0.4, -0.2) is 17.9 Å². The summed E-state index contributed by atoms with van der Waals surface area (Å²) in [4.78, 5) is 16.7. The number of anilines is 1. The monoisotopic (exact) mass is 197 g/mol. The molecule has 5 heteroatoms. The van der Waals surface area contributed by atoms with Gasteiger partial charge in [0.25, 0.3) is 0 Å². The maximum Gasteiger partial charge on any atom is 0.228 e. The number of carbonyl (C=O) groups is 1. The summed E-state index contributed by atoms with van der Waals surface area (Å²) in [6, 6.07) is 0. The molecule has 1 aromatic rings. The number of thiazole rings is 1. The Labute approximate surface area is 80.2 Å². The number of rotatable bonds is 1. The largest absolute Gasteiger partial charge is 0.375 e. The van der Waals surface area contributed by atoms with Gasteiger partial charge in [-0.1, -0.05) is 0 Å². The van der Waals surface area contributed by atoms with Crippen LogP contribution in [0.25, 0.3) is 0 Å². The minimum atomic E-state index is -0.0754. The summed E-state index contributed by atoms with van der Waals surface area (Å²) in [5.41, 5.74) is 6.46. The number of likely N-dealkylation sites (N-methyl/N-ethyl adjacent to an activating group) is 1. The molecule has 0 radical (unpaired) electrons. The number of hydrogen-bond donors (Lipinski definition) is 2. The van der Waals surface area contributed by atoms with Crippen LogP contribution in [0.4, 0.5) is 5.13 Å². The summed E-state index contributed by atoms with van der Waals surface area (Å²) in [5, 5.41) is 3.21. The first kappa shape index (κ1) is 8.50. The second kappa shape index (κ2) is 2.99. The Morgan fingerprint density at radius 3 is 3.23 bits per heavy atom. The lowest BCUT2D eigenvalue weighted by molar-refractivity contribution is -0.122. The fourth-order valence-electron chi connectivity index (χ4n) is 1.68. The number of aromatic nitrogens is 1. The average Bonchev–Trinajstić information content (AvgIpc) is 2.61. The van der Waals surface area contributed by atoms with E-state index in [2.05, 4.69) is 10.3 Å². The lowest BCUT2D eigenvalue weighted by Gasteiger charge is -2.05. The molecule has 1 aliphatic carbocycles. The number of fused-ring (bicyclic) bond motifs is 1. The second-order valence-corrected chi connectivity index (χ2v) is 4.18. The van der Waals surface area contributed by atoms with E-state index in [0.717, 1.165) is 18.5 Å². The van der Waals surface area contributed by atoms with E-state index in [0.29, 0.717) is 5.13 Å². The number of nitrogens with zero attached hydrogens (tertiary/aromatic N) is 1. The number of aryl methyl sites for hydroxylation is 1. The van der Waals surface area contributed by atoms with Gasteiger partial charge in [-0.3, -0.25) is 4.79 Å². The fraction of sp³-hybridized carbons (Fsp3) is 0.500. The van der Waals surface area contributed by atoms with Crippen molar-refractivity contribution in [1.29, 1.82) is 0 Å². The van der Waals surface area contributed by atoms with Gasteiger partial charge in [0.1, 0.15) is 0 Å². The van der Waals surface area contributed by atoms with Gasteiger partial charge in [-0.25, -0.2) is 4.98 Å². The first-order chi connectivity index (χ1) is 6.22. The summed E-state index contributed by atoms with van der Waals surface area (Å²) in [6.07, 6.45) is 1.80.